The second-order valence-electron chi connectivity index (χ2n) is 7.93. The van der Waals surface area contributed by atoms with Crippen LogP contribution in [0, 0.1) is 12.8 Å². The molecule has 0 bridgehead atoms. The Morgan fingerprint density at radius 2 is 1.94 bits per heavy atom. The van der Waals surface area contributed by atoms with Crippen molar-refractivity contribution in [2.75, 3.05) is 11.1 Å². The standard InChI is InChI=1S/C23H25BrClN5O2S/c1-13(2)20(27-22(32)15-7-5-6-14(3)10-15)21-28-29-23(30(21)4)33-12-19(31)26-16-8-9-17(24)18(25)11-16/h5-11,13,20H,12H2,1-4H3,(H,26,31)(H,27,32). The third-order valence-electron chi connectivity index (χ3n) is 4.92. The van der Waals surface area contributed by atoms with Crippen molar-refractivity contribution in [1.29, 1.82) is 0 Å². The summed E-state index contributed by atoms with van der Waals surface area (Å²) in [6.07, 6.45) is 0. The van der Waals surface area contributed by atoms with Gasteiger partial charge in [0.1, 0.15) is 0 Å². The van der Waals surface area contributed by atoms with Gasteiger partial charge in [-0.3, -0.25) is 9.59 Å². The van der Waals surface area contributed by atoms with Crippen molar-refractivity contribution in [1.82, 2.24) is 20.1 Å². The summed E-state index contributed by atoms with van der Waals surface area (Å²) in [7, 11) is 1.83. The quantitative estimate of drug-likeness (QED) is 0.367. The molecule has 2 N–H and O–H groups in total. The van der Waals surface area contributed by atoms with Crippen LogP contribution in [0.4, 0.5) is 5.69 Å². The van der Waals surface area contributed by atoms with E-state index in [4.69, 9.17) is 11.6 Å². The van der Waals surface area contributed by atoms with E-state index in [0.29, 0.717) is 27.3 Å². The van der Waals surface area contributed by atoms with Crippen LogP contribution in [0.5, 0.6) is 0 Å². The van der Waals surface area contributed by atoms with Crippen LogP contribution >= 0.6 is 39.3 Å². The fraction of sp³-hybridized carbons (Fsp3) is 0.304. The lowest BCUT2D eigenvalue weighted by Crippen LogP contribution is -2.33. The highest BCUT2D eigenvalue weighted by molar-refractivity contribution is 9.10. The van der Waals surface area contributed by atoms with E-state index < -0.39 is 0 Å². The number of rotatable bonds is 8. The molecular formula is C23H25BrClN5O2S. The first kappa shape index (κ1) is 25.3. The second kappa shape index (κ2) is 11.2. The number of carbonyl (C=O) groups is 2. The monoisotopic (exact) mass is 549 g/mol. The molecule has 10 heteroatoms. The van der Waals surface area contributed by atoms with Gasteiger partial charge in [0.15, 0.2) is 11.0 Å². The summed E-state index contributed by atoms with van der Waals surface area (Å²) in [4.78, 5) is 25.2. The number of benzene rings is 2. The summed E-state index contributed by atoms with van der Waals surface area (Å²) < 4.78 is 2.58. The van der Waals surface area contributed by atoms with Crippen molar-refractivity contribution in [3.8, 4) is 0 Å². The van der Waals surface area contributed by atoms with Crippen LogP contribution < -0.4 is 10.6 Å². The van der Waals surface area contributed by atoms with Gasteiger partial charge in [-0.05, 0) is 59.1 Å². The van der Waals surface area contributed by atoms with E-state index in [0.717, 1.165) is 10.0 Å². The first-order chi connectivity index (χ1) is 15.7. The maximum Gasteiger partial charge on any atom is 0.251 e. The van der Waals surface area contributed by atoms with E-state index in [-0.39, 0.29) is 29.5 Å². The molecule has 0 aliphatic heterocycles. The molecule has 1 aromatic heterocycles. The minimum atomic E-state index is -0.330. The topological polar surface area (TPSA) is 88.9 Å². The van der Waals surface area contributed by atoms with Crippen molar-refractivity contribution < 1.29 is 9.59 Å². The van der Waals surface area contributed by atoms with Crippen molar-refractivity contribution in [3.63, 3.8) is 0 Å². The lowest BCUT2D eigenvalue weighted by atomic mass is 10.0. The molecule has 0 spiro atoms. The summed E-state index contributed by atoms with van der Waals surface area (Å²) in [6.45, 7) is 5.98. The summed E-state index contributed by atoms with van der Waals surface area (Å²) in [6, 6.07) is 12.3. The van der Waals surface area contributed by atoms with E-state index in [2.05, 4.69) is 36.8 Å². The third kappa shape index (κ3) is 6.59. The number of halogens is 2. The Morgan fingerprint density at radius 1 is 1.18 bits per heavy atom. The molecule has 0 saturated heterocycles. The van der Waals surface area contributed by atoms with Gasteiger partial charge in [-0.1, -0.05) is 54.9 Å². The number of hydrogen-bond acceptors (Lipinski definition) is 5. The molecular weight excluding hydrogens is 526 g/mol. The van der Waals surface area contributed by atoms with Gasteiger partial charge in [-0.2, -0.15) is 0 Å². The summed E-state index contributed by atoms with van der Waals surface area (Å²) in [5.41, 5.74) is 2.23. The van der Waals surface area contributed by atoms with Crippen molar-refractivity contribution in [2.45, 2.75) is 32.0 Å². The zero-order chi connectivity index (χ0) is 24.1. The fourth-order valence-corrected chi connectivity index (χ4v) is 4.31. The minimum Gasteiger partial charge on any atom is -0.342 e. The lowest BCUT2D eigenvalue weighted by Gasteiger charge is -2.21. The molecule has 7 nitrogen and oxygen atoms in total. The molecule has 174 valence electrons. The third-order valence-corrected chi connectivity index (χ3v) is 7.17. The Kier molecular flexibility index (Phi) is 8.56. The van der Waals surface area contributed by atoms with E-state index in [1.165, 1.54) is 11.8 Å². The number of hydrogen-bond donors (Lipinski definition) is 2. The molecule has 1 unspecified atom stereocenters. The van der Waals surface area contributed by atoms with Crippen molar-refractivity contribution in [3.05, 3.63) is 68.9 Å². The molecule has 1 atom stereocenters. The van der Waals surface area contributed by atoms with E-state index in [1.54, 1.807) is 24.3 Å². The molecule has 0 aliphatic rings. The van der Waals surface area contributed by atoms with E-state index in [1.807, 2.05) is 50.6 Å². The first-order valence-electron chi connectivity index (χ1n) is 10.3. The highest BCUT2D eigenvalue weighted by Crippen LogP contribution is 2.27. The number of thioether (sulfide) groups is 1. The zero-order valence-electron chi connectivity index (χ0n) is 18.7. The molecule has 0 saturated carbocycles. The van der Waals surface area contributed by atoms with Gasteiger partial charge in [-0.15, -0.1) is 10.2 Å². The number of aromatic nitrogens is 3. The number of anilines is 1. The van der Waals surface area contributed by atoms with Gasteiger partial charge in [-0.25, -0.2) is 0 Å². The van der Waals surface area contributed by atoms with Crippen LogP contribution in [-0.2, 0) is 11.8 Å². The predicted octanol–water partition coefficient (Wildman–Crippen LogP) is 5.40. The molecule has 0 radical (unpaired) electrons. The van der Waals surface area contributed by atoms with E-state index in [9.17, 15) is 9.59 Å². The van der Waals surface area contributed by atoms with Gasteiger partial charge in [0.25, 0.3) is 5.91 Å². The van der Waals surface area contributed by atoms with Gasteiger partial charge in [0.05, 0.1) is 16.8 Å². The largest absolute Gasteiger partial charge is 0.342 e. The van der Waals surface area contributed by atoms with Crippen molar-refractivity contribution in [2.24, 2.45) is 13.0 Å². The average Bonchev–Trinajstić information content (AvgIpc) is 3.12. The molecule has 33 heavy (non-hydrogen) atoms. The molecule has 2 amide bonds. The predicted molar refractivity (Wildman–Crippen MR) is 136 cm³/mol. The van der Waals surface area contributed by atoms with Gasteiger partial charge in [0, 0.05) is 22.8 Å². The summed E-state index contributed by atoms with van der Waals surface area (Å²) >= 11 is 10.7. The number of carbonyl (C=O) groups excluding carboxylic acids is 2. The van der Waals surface area contributed by atoms with Crippen LogP contribution in [-0.4, -0.2) is 32.3 Å². The Hall–Kier alpha value is -2.36. The van der Waals surface area contributed by atoms with Crippen LogP contribution in [0.2, 0.25) is 5.02 Å². The van der Waals surface area contributed by atoms with Crippen LogP contribution in [0.15, 0.2) is 52.1 Å². The lowest BCUT2D eigenvalue weighted by molar-refractivity contribution is -0.113. The number of nitrogens with zero attached hydrogens (tertiary/aromatic N) is 3. The number of aryl methyl sites for hydroxylation is 1. The zero-order valence-corrected chi connectivity index (χ0v) is 21.9. The second-order valence-corrected chi connectivity index (χ2v) is 10.1. The van der Waals surface area contributed by atoms with Crippen LogP contribution in [0.1, 0.15) is 41.6 Å². The maximum atomic E-state index is 12.8. The van der Waals surface area contributed by atoms with E-state index >= 15 is 0 Å². The van der Waals surface area contributed by atoms with Crippen LogP contribution in [0.25, 0.3) is 0 Å². The Bertz CT molecular complexity index is 1170. The highest BCUT2D eigenvalue weighted by atomic mass is 79.9. The molecule has 0 aliphatic carbocycles. The highest BCUT2D eigenvalue weighted by Gasteiger charge is 2.25. The van der Waals surface area contributed by atoms with Gasteiger partial charge in [0.2, 0.25) is 5.91 Å². The summed E-state index contributed by atoms with van der Waals surface area (Å²) in [5, 5.41) is 15.5. The first-order valence-corrected chi connectivity index (χ1v) is 12.5. The van der Waals surface area contributed by atoms with Crippen LogP contribution in [0.3, 0.4) is 0 Å². The molecule has 0 fully saturated rings. The molecule has 2 aromatic carbocycles. The SMILES string of the molecule is Cc1cccc(C(=O)NC(c2nnc(SCC(=O)Nc3ccc(Br)c(Cl)c3)n2C)C(C)C)c1. The number of nitrogens with one attached hydrogen (secondary N) is 2. The number of amides is 2. The summed E-state index contributed by atoms with van der Waals surface area (Å²) in [5.74, 6) is 0.526. The molecule has 3 rings (SSSR count). The minimum absolute atomic E-state index is 0.0879. The fourth-order valence-electron chi connectivity index (χ4n) is 3.16. The molecule has 1 heterocycles. The normalized spacial score (nSPS) is 12.0. The molecule has 3 aromatic rings. The Morgan fingerprint density at radius 3 is 2.61 bits per heavy atom. The Balaban J connectivity index is 1.66. The Labute approximate surface area is 210 Å². The smallest absolute Gasteiger partial charge is 0.251 e. The van der Waals surface area contributed by atoms with Crippen molar-refractivity contribution >= 4 is 56.8 Å². The van der Waals surface area contributed by atoms with Gasteiger partial charge < -0.3 is 15.2 Å². The van der Waals surface area contributed by atoms with Gasteiger partial charge >= 0.3 is 0 Å². The maximum absolute atomic E-state index is 12.8. The average molecular weight is 551 g/mol.